The summed E-state index contributed by atoms with van der Waals surface area (Å²) in [6.45, 7) is 1.83. The number of aryl methyl sites for hydroxylation is 1. The highest BCUT2D eigenvalue weighted by Crippen LogP contribution is 2.30. The van der Waals surface area contributed by atoms with Crippen LogP contribution in [0.2, 0.25) is 0 Å². The molecule has 2 aromatic heterocycles. The van der Waals surface area contributed by atoms with Crippen LogP contribution in [0.1, 0.15) is 18.7 Å². The highest BCUT2D eigenvalue weighted by molar-refractivity contribution is 5.71. The van der Waals surface area contributed by atoms with Gasteiger partial charge in [-0.25, -0.2) is 9.97 Å². The van der Waals surface area contributed by atoms with Gasteiger partial charge in [0.15, 0.2) is 0 Å². The molecule has 3 aromatic rings. The Kier molecular flexibility index (Phi) is 4.62. The van der Waals surface area contributed by atoms with Gasteiger partial charge in [-0.05, 0) is 43.5 Å². The number of ether oxygens (including phenoxy) is 1. The number of rotatable bonds is 5. The van der Waals surface area contributed by atoms with E-state index in [-0.39, 0.29) is 5.75 Å². The van der Waals surface area contributed by atoms with Gasteiger partial charge in [-0.2, -0.15) is 0 Å². The normalized spacial score (nSPS) is 14.0. The lowest BCUT2D eigenvalue weighted by Gasteiger charge is -2.10. The second kappa shape index (κ2) is 7.10. The Morgan fingerprint density at radius 2 is 1.68 bits per heavy atom. The minimum absolute atomic E-state index is 0.261. The van der Waals surface area contributed by atoms with Crippen LogP contribution < -0.4 is 10.1 Å². The van der Waals surface area contributed by atoms with E-state index in [1.54, 1.807) is 24.5 Å². The number of hydrogen-bond acceptors (Lipinski definition) is 5. The molecule has 0 spiro atoms. The SMILES string of the molecule is Cc1nc(NC2CC2)cc(-c2cncc(-c3ccc(OC(F)(F)F)cc3)c2)n1. The summed E-state index contributed by atoms with van der Waals surface area (Å²) in [5, 5.41) is 3.36. The lowest BCUT2D eigenvalue weighted by atomic mass is 10.0. The molecule has 0 bridgehead atoms. The molecule has 2 heterocycles. The summed E-state index contributed by atoms with van der Waals surface area (Å²) >= 11 is 0. The van der Waals surface area contributed by atoms with Gasteiger partial charge in [0.2, 0.25) is 0 Å². The van der Waals surface area contributed by atoms with Gasteiger partial charge in [0.1, 0.15) is 17.4 Å². The predicted octanol–water partition coefficient (Wildman–Crippen LogP) is 4.99. The Hall–Kier alpha value is -3.16. The van der Waals surface area contributed by atoms with Crippen LogP contribution in [-0.2, 0) is 0 Å². The van der Waals surface area contributed by atoms with E-state index in [2.05, 4.69) is 25.0 Å². The molecule has 1 aromatic carbocycles. The summed E-state index contributed by atoms with van der Waals surface area (Å²) in [6.07, 6.45) is 0.931. The van der Waals surface area contributed by atoms with Crippen molar-refractivity contribution in [2.45, 2.75) is 32.2 Å². The zero-order valence-corrected chi connectivity index (χ0v) is 15.0. The fourth-order valence-corrected chi connectivity index (χ4v) is 2.81. The molecule has 0 radical (unpaired) electrons. The van der Waals surface area contributed by atoms with E-state index in [9.17, 15) is 13.2 Å². The third kappa shape index (κ3) is 4.57. The van der Waals surface area contributed by atoms with Crippen LogP contribution in [0, 0.1) is 6.92 Å². The van der Waals surface area contributed by atoms with Gasteiger partial charge in [-0.1, -0.05) is 12.1 Å². The summed E-state index contributed by atoms with van der Waals surface area (Å²) in [6, 6.07) is 9.94. The van der Waals surface area contributed by atoms with Gasteiger partial charge in [-0.15, -0.1) is 13.2 Å². The number of pyridine rings is 1. The van der Waals surface area contributed by atoms with Crippen LogP contribution in [0.5, 0.6) is 5.75 Å². The summed E-state index contributed by atoms with van der Waals surface area (Å²) < 4.78 is 40.8. The van der Waals surface area contributed by atoms with Gasteiger partial charge >= 0.3 is 6.36 Å². The van der Waals surface area contributed by atoms with Crippen molar-refractivity contribution in [3.05, 3.63) is 54.6 Å². The fourth-order valence-electron chi connectivity index (χ4n) is 2.81. The molecule has 1 aliphatic rings. The summed E-state index contributed by atoms with van der Waals surface area (Å²) in [4.78, 5) is 13.2. The molecule has 1 saturated carbocycles. The van der Waals surface area contributed by atoms with Gasteiger partial charge < -0.3 is 10.1 Å². The smallest absolute Gasteiger partial charge is 0.406 e. The van der Waals surface area contributed by atoms with Crippen LogP contribution in [0.3, 0.4) is 0 Å². The first kappa shape index (κ1) is 18.2. The third-order valence-electron chi connectivity index (χ3n) is 4.22. The molecule has 0 saturated heterocycles. The van der Waals surface area contributed by atoms with Crippen molar-refractivity contribution in [3.8, 4) is 28.1 Å². The standard InChI is InChI=1S/C20H17F3N4O/c1-12-25-18(9-19(26-12)27-16-4-5-16)15-8-14(10-24-11-15)13-2-6-17(7-3-13)28-20(21,22)23/h2-3,6-11,16H,4-5H2,1H3,(H,25,26,27). The van der Waals surface area contributed by atoms with Crippen molar-refractivity contribution in [1.29, 1.82) is 0 Å². The topological polar surface area (TPSA) is 59.9 Å². The number of aromatic nitrogens is 3. The first-order chi connectivity index (χ1) is 13.4. The number of nitrogens with zero attached hydrogens (tertiary/aromatic N) is 3. The summed E-state index contributed by atoms with van der Waals surface area (Å²) in [7, 11) is 0. The lowest BCUT2D eigenvalue weighted by Crippen LogP contribution is -2.16. The molecule has 8 heteroatoms. The van der Waals surface area contributed by atoms with E-state index in [4.69, 9.17) is 0 Å². The average Bonchev–Trinajstić information content (AvgIpc) is 3.45. The molecule has 0 unspecified atom stereocenters. The molecule has 1 N–H and O–H groups in total. The molecule has 144 valence electrons. The van der Waals surface area contributed by atoms with Crippen LogP contribution in [0.4, 0.5) is 19.0 Å². The Morgan fingerprint density at radius 3 is 2.36 bits per heavy atom. The van der Waals surface area contributed by atoms with Crippen LogP contribution >= 0.6 is 0 Å². The number of nitrogens with one attached hydrogen (secondary N) is 1. The van der Waals surface area contributed by atoms with E-state index >= 15 is 0 Å². The first-order valence-corrected chi connectivity index (χ1v) is 8.79. The van der Waals surface area contributed by atoms with E-state index in [0.717, 1.165) is 41.0 Å². The van der Waals surface area contributed by atoms with Crippen LogP contribution in [0.15, 0.2) is 48.8 Å². The average molecular weight is 386 g/mol. The van der Waals surface area contributed by atoms with Crippen molar-refractivity contribution < 1.29 is 17.9 Å². The monoisotopic (exact) mass is 386 g/mol. The molecule has 28 heavy (non-hydrogen) atoms. The van der Waals surface area contributed by atoms with Crippen LogP contribution in [0.25, 0.3) is 22.4 Å². The zero-order valence-electron chi connectivity index (χ0n) is 15.0. The molecule has 0 aliphatic heterocycles. The van der Waals surface area contributed by atoms with Gasteiger partial charge in [0, 0.05) is 35.6 Å². The molecule has 0 atom stereocenters. The minimum Gasteiger partial charge on any atom is -0.406 e. The van der Waals surface area contributed by atoms with Crippen molar-refractivity contribution in [2.24, 2.45) is 0 Å². The Morgan fingerprint density at radius 1 is 0.964 bits per heavy atom. The Balaban J connectivity index is 1.60. The molecule has 0 amide bonds. The first-order valence-electron chi connectivity index (χ1n) is 8.79. The number of alkyl halides is 3. The zero-order chi connectivity index (χ0) is 19.7. The van der Waals surface area contributed by atoms with E-state index in [1.165, 1.54) is 12.1 Å². The van der Waals surface area contributed by atoms with E-state index in [1.807, 2.05) is 19.1 Å². The number of benzene rings is 1. The summed E-state index contributed by atoms with van der Waals surface area (Å²) in [5.41, 5.74) is 3.04. The molecule has 5 nitrogen and oxygen atoms in total. The van der Waals surface area contributed by atoms with Gasteiger partial charge in [0.05, 0.1) is 5.69 Å². The third-order valence-corrected chi connectivity index (χ3v) is 4.22. The summed E-state index contributed by atoms with van der Waals surface area (Å²) in [5.74, 6) is 1.17. The van der Waals surface area contributed by atoms with Gasteiger partial charge in [-0.3, -0.25) is 4.98 Å². The fraction of sp³-hybridized carbons (Fsp3) is 0.250. The van der Waals surface area contributed by atoms with Gasteiger partial charge in [0.25, 0.3) is 0 Å². The molecule has 1 aliphatic carbocycles. The maximum absolute atomic E-state index is 12.3. The van der Waals surface area contributed by atoms with Crippen molar-refractivity contribution in [3.63, 3.8) is 0 Å². The maximum atomic E-state index is 12.3. The molecular weight excluding hydrogens is 369 g/mol. The van der Waals surface area contributed by atoms with Crippen molar-refractivity contribution in [1.82, 2.24) is 15.0 Å². The number of halogens is 3. The van der Waals surface area contributed by atoms with Crippen molar-refractivity contribution >= 4 is 5.82 Å². The lowest BCUT2D eigenvalue weighted by molar-refractivity contribution is -0.274. The molecular formula is C20H17F3N4O. The number of anilines is 1. The largest absolute Gasteiger partial charge is 0.573 e. The second-order valence-electron chi connectivity index (χ2n) is 6.64. The second-order valence-corrected chi connectivity index (χ2v) is 6.64. The highest BCUT2D eigenvalue weighted by atomic mass is 19.4. The van der Waals surface area contributed by atoms with Crippen molar-refractivity contribution in [2.75, 3.05) is 5.32 Å². The number of hydrogen-bond donors (Lipinski definition) is 1. The predicted molar refractivity (Wildman–Crippen MR) is 98.8 cm³/mol. The highest BCUT2D eigenvalue weighted by Gasteiger charge is 2.31. The molecule has 4 rings (SSSR count). The Bertz CT molecular complexity index is 985. The quantitative estimate of drug-likeness (QED) is 0.670. The minimum atomic E-state index is -4.71. The van der Waals surface area contributed by atoms with E-state index < -0.39 is 6.36 Å². The maximum Gasteiger partial charge on any atom is 0.573 e. The van der Waals surface area contributed by atoms with Crippen LogP contribution in [-0.4, -0.2) is 27.4 Å². The Labute approximate surface area is 159 Å². The molecule has 1 fully saturated rings. The van der Waals surface area contributed by atoms with E-state index in [0.29, 0.717) is 11.9 Å².